The molecule has 33 heavy (non-hydrogen) atoms. The minimum atomic E-state index is -1.26. The number of ether oxygens (including phenoxy) is 1. The van der Waals surface area contributed by atoms with Crippen LogP contribution in [-0.2, 0) is 27.3 Å². The lowest BCUT2D eigenvalue weighted by Crippen LogP contribution is -2.56. The number of carbonyl (C=O) groups excluding carboxylic acids is 3. The Balaban J connectivity index is 2.14. The van der Waals surface area contributed by atoms with E-state index in [1.54, 1.807) is 32.7 Å². The Labute approximate surface area is 194 Å². The van der Waals surface area contributed by atoms with Crippen LogP contribution in [0.4, 0.5) is 4.79 Å². The second kappa shape index (κ2) is 12.0. The Kier molecular flexibility index (Phi) is 9.42. The van der Waals surface area contributed by atoms with Crippen LogP contribution in [0.5, 0.6) is 0 Å². The fourth-order valence-electron chi connectivity index (χ4n) is 3.17. The smallest absolute Gasteiger partial charge is 0.408 e. The van der Waals surface area contributed by atoms with Gasteiger partial charge in [-0.3, -0.25) is 9.59 Å². The quantitative estimate of drug-likeness (QED) is 0.538. The molecule has 3 amide bonds. The van der Waals surface area contributed by atoms with Crippen molar-refractivity contribution in [3.05, 3.63) is 71.8 Å². The SMILES string of the molecule is CN(Cc1ccccc1)C(=O)[C@H](Cc1ccccc1)NC(=O)[C@H](CO)NC(=O)OC(C)(C)C. The molecule has 0 spiro atoms. The molecule has 0 aliphatic carbocycles. The van der Waals surface area contributed by atoms with Gasteiger partial charge in [0.15, 0.2) is 0 Å². The monoisotopic (exact) mass is 455 g/mol. The predicted molar refractivity (Wildman–Crippen MR) is 125 cm³/mol. The number of aliphatic hydroxyl groups excluding tert-OH is 1. The maximum absolute atomic E-state index is 13.2. The summed E-state index contributed by atoms with van der Waals surface area (Å²) in [4.78, 5) is 39.7. The summed E-state index contributed by atoms with van der Waals surface area (Å²) >= 11 is 0. The summed E-state index contributed by atoms with van der Waals surface area (Å²) in [7, 11) is 1.67. The zero-order valence-corrected chi connectivity index (χ0v) is 19.6. The summed E-state index contributed by atoms with van der Waals surface area (Å²) in [5, 5.41) is 14.7. The molecule has 0 fully saturated rings. The van der Waals surface area contributed by atoms with Crippen LogP contribution in [0.3, 0.4) is 0 Å². The van der Waals surface area contributed by atoms with Crippen LogP contribution in [0.15, 0.2) is 60.7 Å². The van der Waals surface area contributed by atoms with Gasteiger partial charge in [0.2, 0.25) is 11.8 Å². The largest absolute Gasteiger partial charge is 0.444 e. The maximum Gasteiger partial charge on any atom is 0.408 e. The summed E-state index contributed by atoms with van der Waals surface area (Å²) in [6, 6.07) is 16.7. The van der Waals surface area contributed by atoms with E-state index in [0.717, 1.165) is 11.1 Å². The lowest BCUT2D eigenvalue weighted by atomic mass is 10.0. The van der Waals surface area contributed by atoms with Crippen molar-refractivity contribution in [2.75, 3.05) is 13.7 Å². The van der Waals surface area contributed by atoms with E-state index in [2.05, 4.69) is 10.6 Å². The molecule has 3 N–H and O–H groups in total. The molecular formula is C25H33N3O5. The van der Waals surface area contributed by atoms with E-state index in [4.69, 9.17) is 4.74 Å². The number of nitrogens with one attached hydrogen (secondary N) is 2. The first kappa shape index (κ1) is 25.9. The maximum atomic E-state index is 13.2. The number of alkyl carbamates (subject to hydrolysis) is 1. The van der Waals surface area contributed by atoms with Gasteiger partial charge in [-0.2, -0.15) is 0 Å². The fraction of sp³-hybridized carbons (Fsp3) is 0.400. The van der Waals surface area contributed by atoms with Gasteiger partial charge in [-0.15, -0.1) is 0 Å². The van der Waals surface area contributed by atoms with Crippen molar-refractivity contribution in [3.63, 3.8) is 0 Å². The molecule has 0 radical (unpaired) electrons. The van der Waals surface area contributed by atoms with Gasteiger partial charge in [-0.05, 0) is 31.9 Å². The molecule has 2 aromatic rings. The van der Waals surface area contributed by atoms with Crippen LogP contribution in [0.1, 0.15) is 31.9 Å². The Morgan fingerprint density at radius 3 is 1.97 bits per heavy atom. The zero-order valence-electron chi connectivity index (χ0n) is 19.6. The van der Waals surface area contributed by atoms with E-state index >= 15 is 0 Å². The molecule has 0 unspecified atom stereocenters. The van der Waals surface area contributed by atoms with Crippen molar-refractivity contribution in [1.29, 1.82) is 0 Å². The number of hydrogen-bond acceptors (Lipinski definition) is 5. The topological polar surface area (TPSA) is 108 Å². The molecule has 0 heterocycles. The summed E-state index contributed by atoms with van der Waals surface area (Å²) in [6.45, 7) is 4.81. The molecule has 0 saturated carbocycles. The van der Waals surface area contributed by atoms with Crippen LogP contribution < -0.4 is 10.6 Å². The van der Waals surface area contributed by atoms with Crippen molar-refractivity contribution in [2.45, 2.75) is 51.4 Å². The lowest BCUT2D eigenvalue weighted by Gasteiger charge is -2.27. The first-order valence-corrected chi connectivity index (χ1v) is 10.8. The number of nitrogens with zero attached hydrogens (tertiary/aromatic N) is 1. The first-order valence-electron chi connectivity index (χ1n) is 10.8. The number of aliphatic hydroxyl groups is 1. The molecule has 0 aliphatic rings. The minimum absolute atomic E-state index is 0.259. The highest BCUT2D eigenvalue weighted by atomic mass is 16.6. The van der Waals surface area contributed by atoms with Gasteiger partial charge in [0, 0.05) is 20.0 Å². The normalized spacial score (nSPS) is 12.9. The van der Waals surface area contributed by atoms with Gasteiger partial charge in [0.1, 0.15) is 17.7 Å². The Morgan fingerprint density at radius 1 is 0.909 bits per heavy atom. The molecule has 8 heteroatoms. The molecule has 2 rings (SSSR count). The summed E-state index contributed by atoms with van der Waals surface area (Å²) in [5.74, 6) is -0.962. The Bertz CT molecular complexity index is 913. The molecule has 2 aromatic carbocycles. The van der Waals surface area contributed by atoms with Crippen molar-refractivity contribution < 1.29 is 24.2 Å². The lowest BCUT2D eigenvalue weighted by molar-refractivity contribution is -0.136. The van der Waals surface area contributed by atoms with Crippen LogP contribution in [0.2, 0.25) is 0 Å². The summed E-state index contributed by atoms with van der Waals surface area (Å²) < 4.78 is 5.16. The highest BCUT2D eigenvalue weighted by Crippen LogP contribution is 2.10. The molecule has 8 nitrogen and oxygen atoms in total. The van der Waals surface area contributed by atoms with Crippen LogP contribution in [-0.4, -0.2) is 59.3 Å². The van der Waals surface area contributed by atoms with Crippen molar-refractivity contribution in [2.24, 2.45) is 0 Å². The van der Waals surface area contributed by atoms with Gasteiger partial charge < -0.3 is 25.4 Å². The number of rotatable bonds is 9. The summed E-state index contributed by atoms with van der Waals surface area (Å²) in [5.41, 5.74) is 1.06. The number of amides is 3. The van der Waals surface area contributed by atoms with Gasteiger partial charge in [0.25, 0.3) is 0 Å². The van der Waals surface area contributed by atoms with E-state index in [-0.39, 0.29) is 12.3 Å². The molecular weight excluding hydrogens is 422 g/mol. The third-order valence-electron chi connectivity index (χ3n) is 4.73. The number of hydrogen-bond donors (Lipinski definition) is 3. The molecule has 0 saturated heterocycles. The first-order chi connectivity index (χ1) is 15.6. The van der Waals surface area contributed by atoms with Crippen molar-refractivity contribution in [3.8, 4) is 0 Å². The molecule has 0 aliphatic heterocycles. The average Bonchev–Trinajstić information content (AvgIpc) is 2.76. The number of benzene rings is 2. The second-order valence-corrected chi connectivity index (χ2v) is 8.81. The Morgan fingerprint density at radius 2 is 1.45 bits per heavy atom. The van der Waals surface area contributed by atoms with Crippen LogP contribution in [0.25, 0.3) is 0 Å². The standard InChI is InChI=1S/C25H33N3O5/c1-25(2,3)33-24(32)27-21(17-29)22(30)26-20(15-18-11-7-5-8-12-18)23(31)28(4)16-19-13-9-6-10-14-19/h5-14,20-21,29H,15-17H2,1-4H3,(H,26,30)(H,27,32)/t20-,21-/m0/s1. The van der Waals surface area contributed by atoms with E-state index in [0.29, 0.717) is 6.54 Å². The van der Waals surface area contributed by atoms with E-state index in [1.807, 2.05) is 60.7 Å². The zero-order chi connectivity index (χ0) is 24.4. The van der Waals surface area contributed by atoms with E-state index < -0.39 is 36.3 Å². The van der Waals surface area contributed by atoms with Gasteiger partial charge in [-0.1, -0.05) is 60.7 Å². The third kappa shape index (κ3) is 8.94. The minimum Gasteiger partial charge on any atom is -0.444 e. The van der Waals surface area contributed by atoms with Gasteiger partial charge in [-0.25, -0.2) is 4.79 Å². The van der Waals surface area contributed by atoms with Crippen molar-refractivity contribution >= 4 is 17.9 Å². The third-order valence-corrected chi connectivity index (χ3v) is 4.73. The predicted octanol–water partition coefficient (Wildman–Crippen LogP) is 2.26. The highest BCUT2D eigenvalue weighted by molar-refractivity contribution is 5.91. The van der Waals surface area contributed by atoms with Crippen molar-refractivity contribution in [1.82, 2.24) is 15.5 Å². The van der Waals surface area contributed by atoms with Gasteiger partial charge >= 0.3 is 6.09 Å². The number of likely N-dealkylation sites (N-methyl/N-ethyl adjacent to an activating group) is 1. The fourth-order valence-corrected chi connectivity index (χ4v) is 3.17. The second-order valence-electron chi connectivity index (χ2n) is 8.81. The van der Waals surface area contributed by atoms with Crippen LogP contribution >= 0.6 is 0 Å². The summed E-state index contributed by atoms with van der Waals surface area (Å²) in [6.07, 6.45) is -0.571. The van der Waals surface area contributed by atoms with Gasteiger partial charge in [0.05, 0.1) is 6.61 Å². The average molecular weight is 456 g/mol. The molecule has 0 aromatic heterocycles. The molecule has 178 valence electrons. The van der Waals surface area contributed by atoms with E-state index in [9.17, 15) is 19.5 Å². The Hall–Kier alpha value is -3.39. The molecule has 0 bridgehead atoms. The van der Waals surface area contributed by atoms with Crippen LogP contribution in [0, 0.1) is 0 Å². The number of carbonyl (C=O) groups is 3. The van der Waals surface area contributed by atoms with E-state index in [1.165, 1.54) is 0 Å². The highest BCUT2D eigenvalue weighted by Gasteiger charge is 2.29. The molecule has 2 atom stereocenters.